The lowest BCUT2D eigenvalue weighted by Crippen LogP contribution is -2.03. The average Bonchev–Trinajstić information content (AvgIpc) is 2.15. The molecular formula is C10H15Br2NO2. The molecule has 1 rings (SSSR count). The number of hydrogen-bond donors (Lipinski definition) is 2. The molecule has 0 atom stereocenters. The summed E-state index contributed by atoms with van der Waals surface area (Å²) in [5, 5.41) is 19.7. The maximum absolute atomic E-state index is 9.69. The summed E-state index contributed by atoms with van der Waals surface area (Å²) in [4.78, 5) is 4.22. The standard InChI is InChI=1S/C10H14BrNO2.BrH/c1-6-8(3-4-11)9(5-13)10(14)7(2)12-6;/h13-14H,3-5H2,1-2H3;1H. The van der Waals surface area contributed by atoms with E-state index in [1.165, 1.54) is 0 Å². The molecule has 0 saturated heterocycles. The number of alkyl halides is 1. The summed E-state index contributed by atoms with van der Waals surface area (Å²) < 4.78 is 0. The van der Waals surface area contributed by atoms with Crippen LogP contribution in [0.15, 0.2) is 0 Å². The molecule has 0 aliphatic heterocycles. The molecule has 5 heteroatoms. The molecule has 1 heterocycles. The lowest BCUT2D eigenvalue weighted by atomic mass is 10.0. The van der Waals surface area contributed by atoms with E-state index in [-0.39, 0.29) is 29.3 Å². The second-order valence-corrected chi connectivity index (χ2v) is 3.98. The van der Waals surface area contributed by atoms with E-state index in [9.17, 15) is 10.2 Å². The van der Waals surface area contributed by atoms with Crippen molar-refractivity contribution in [2.24, 2.45) is 0 Å². The third-order valence-electron chi connectivity index (χ3n) is 2.27. The smallest absolute Gasteiger partial charge is 0.142 e. The first-order valence-corrected chi connectivity index (χ1v) is 5.58. The molecule has 0 aliphatic rings. The van der Waals surface area contributed by atoms with Crippen molar-refractivity contribution in [1.29, 1.82) is 0 Å². The fourth-order valence-electron chi connectivity index (χ4n) is 1.55. The third-order valence-corrected chi connectivity index (χ3v) is 2.66. The molecule has 0 aliphatic carbocycles. The minimum atomic E-state index is -0.141. The largest absolute Gasteiger partial charge is 0.506 e. The van der Waals surface area contributed by atoms with E-state index in [0.717, 1.165) is 23.0 Å². The van der Waals surface area contributed by atoms with Crippen molar-refractivity contribution in [3.05, 3.63) is 22.5 Å². The number of aromatic nitrogens is 1. The Morgan fingerprint density at radius 2 is 1.80 bits per heavy atom. The van der Waals surface area contributed by atoms with Gasteiger partial charge in [0.2, 0.25) is 0 Å². The second-order valence-electron chi connectivity index (χ2n) is 3.19. The summed E-state index contributed by atoms with van der Waals surface area (Å²) in [5.41, 5.74) is 3.00. The summed E-state index contributed by atoms with van der Waals surface area (Å²) in [5.74, 6) is 0.119. The maximum Gasteiger partial charge on any atom is 0.142 e. The van der Waals surface area contributed by atoms with Crippen LogP contribution in [0.2, 0.25) is 0 Å². The lowest BCUT2D eigenvalue weighted by molar-refractivity contribution is 0.273. The summed E-state index contributed by atoms with van der Waals surface area (Å²) in [6.45, 7) is 3.49. The molecule has 0 aromatic carbocycles. The van der Waals surface area contributed by atoms with Crippen molar-refractivity contribution >= 4 is 32.9 Å². The van der Waals surface area contributed by atoms with Crippen LogP contribution in [0.3, 0.4) is 0 Å². The van der Waals surface area contributed by atoms with Gasteiger partial charge >= 0.3 is 0 Å². The number of aryl methyl sites for hydroxylation is 2. The fraction of sp³-hybridized carbons (Fsp3) is 0.500. The monoisotopic (exact) mass is 339 g/mol. The highest BCUT2D eigenvalue weighted by Crippen LogP contribution is 2.26. The minimum absolute atomic E-state index is 0. The van der Waals surface area contributed by atoms with Crippen molar-refractivity contribution < 1.29 is 10.2 Å². The number of aliphatic hydroxyl groups is 1. The predicted octanol–water partition coefficient (Wildman–Crippen LogP) is 2.41. The highest BCUT2D eigenvalue weighted by Gasteiger charge is 2.13. The van der Waals surface area contributed by atoms with Gasteiger partial charge in [0.1, 0.15) is 5.75 Å². The highest BCUT2D eigenvalue weighted by molar-refractivity contribution is 9.09. The molecule has 0 bridgehead atoms. The number of aliphatic hydroxyl groups excluding tert-OH is 1. The number of nitrogens with zero attached hydrogens (tertiary/aromatic N) is 1. The van der Waals surface area contributed by atoms with E-state index in [1.54, 1.807) is 6.92 Å². The molecule has 0 unspecified atom stereocenters. The number of aromatic hydroxyl groups is 1. The first-order chi connectivity index (χ1) is 6.61. The molecule has 1 aromatic rings. The zero-order valence-corrected chi connectivity index (χ0v) is 12.0. The average molecular weight is 341 g/mol. The van der Waals surface area contributed by atoms with E-state index in [4.69, 9.17) is 0 Å². The molecule has 15 heavy (non-hydrogen) atoms. The van der Waals surface area contributed by atoms with E-state index < -0.39 is 0 Å². The van der Waals surface area contributed by atoms with Gasteiger partial charge in [0.05, 0.1) is 12.3 Å². The summed E-state index contributed by atoms with van der Waals surface area (Å²) in [7, 11) is 0. The van der Waals surface area contributed by atoms with E-state index in [0.29, 0.717) is 11.3 Å². The molecule has 0 saturated carbocycles. The highest BCUT2D eigenvalue weighted by atomic mass is 79.9. The zero-order chi connectivity index (χ0) is 10.7. The molecular weight excluding hydrogens is 326 g/mol. The normalized spacial score (nSPS) is 9.87. The van der Waals surface area contributed by atoms with Gasteiger partial charge in [0.15, 0.2) is 0 Å². The van der Waals surface area contributed by atoms with E-state index >= 15 is 0 Å². The minimum Gasteiger partial charge on any atom is -0.506 e. The first kappa shape index (κ1) is 14.9. The summed E-state index contributed by atoms with van der Waals surface area (Å²) >= 11 is 3.34. The Kier molecular flexibility index (Phi) is 6.40. The Hall–Kier alpha value is -0.130. The second kappa shape index (κ2) is 6.45. The van der Waals surface area contributed by atoms with Gasteiger partial charge in [-0.15, -0.1) is 17.0 Å². The Bertz CT molecular complexity index is 343. The van der Waals surface area contributed by atoms with E-state index in [2.05, 4.69) is 20.9 Å². The van der Waals surface area contributed by atoms with Gasteiger partial charge < -0.3 is 10.2 Å². The van der Waals surface area contributed by atoms with Crippen LogP contribution in [0, 0.1) is 13.8 Å². The summed E-state index contributed by atoms with van der Waals surface area (Å²) in [6.07, 6.45) is 0.766. The first-order valence-electron chi connectivity index (χ1n) is 4.46. The van der Waals surface area contributed by atoms with Crippen molar-refractivity contribution in [3.8, 4) is 5.75 Å². The topological polar surface area (TPSA) is 53.4 Å². The summed E-state index contributed by atoms with van der Waals surface area (Å²) in [6, 6.07) is 0. The van der Waals surface area contributed by atoms with Crippen molar-refractivity contribution in [1.82, 2.24) is 4.98 Å². The maximum atomic E-state index is 9.69. The van der Waals surface area contributed by atoms with Crippen LogP contribution in [-0.4, -0.2) is 20.5 Å². The number of pyridine rings is 1. The van der Waals surface area contributed by atoms with Crippen molar-refractivity contribution in [2.45, 2.75) is 26.9 Å². The number of halogens is 2. The Labute approximate surface area is 108 Å². The molecule has 0 fully saturated rings. The van der Waals surface area contributed by atoms with Crippen LogP contribution in [0.5, 0.6) is 5.75 Å². The van der Waals surface area contributed by atoms with Crippen LogP contribution < -0.4 is 0 Å². The van der Waals surface area contributed by atoms with Gasteiger partial charge in [0, 0.05) is 16.6 Å². The SMILES string of the molecule is Br.Cc1nc(C)c(CCBr)c(CO)c1O. The van der Waals surface area contributed by atoms with Crippen molar-refractivity contribution in [3.63, 3.8) is 0 Å². The molecule has 0 spiro atoms. The molecule has 3 nitrogen and oxygen atoms in total. The van der Waals surface area contributed by atoms with Crippen LogP contribution >= 0.6 is 32.9 Å². The van der Waals surface area contributed by atoms with Gasteiger partial charge in [-0.25, -0.2) is 0 Å². The predicted molar refractivity (Wildman–Crippen MR) is 69.1 cm³/mol. The fourth-order valence-corrected chi connectivity index (χ4v) is 1.94. The van der Waals surface area contributed by atoms with E-state index in [1.807, 2.05) is 6.92 Å². The van der Waals surface area contributed by atoms with Gasteiger partial charge in [-0.3, -0.25) is 4.98 Å². The van der Waals surface area contributed by atoms with Gasteiger partial charge in [-0.1, -0.05) is 15.9 Å². The van der Waals surface area contributed by atoms with Crippen molar-refractivity contribution in [2.75, 3.05) is 5.33 Å². The van der Waals surface area contributed by atoms with Gasteiger partial charge in [-0.2, -0.15) is 0 Å². The number of rotatable bonds is 3. The lowest BCUT2D eigenvalue weighted by Gasteiger charge is -2.12. The molecule has 0 amide bonds. The third kappa shape index (κ3) is 3.16. The Morgan fingerprint density at radius 3 is 2.27 bits per heavy atom. The van der Waals surface area contributed by atoms with Gasteiger partial charge in [-0.05, 0) is 25.8 Å². The van der Waals surface area contributed by atoms with Crippen LogP contribution in [0.1, 0.15) is 22.5 Å². The molecule has 2 N–H and O–H groups in total. The Morgan fingerprint density at radius 1 is 1.20 bits per heavy atom. The molecule has 0 radical (unpaired) electrons. The zero-order valence-electron chi connectivity index (χ0n) is 8.75. The Balaban J connectivity index is 0.00000196. The number of hydrogen-bond acceptors (Lipinski definition) is 3. The molecule has 86 valence electrons. The van der Waals surface area contributed by atoms with Crippen LogP contribution in [0.25, 0.3) is 0 Å². The van der Waals surface area contributed by atoms with Crippen LogP contribution in [-0.2, 0) is 13.0 Å². The van der Waals surface area contributed by atoms with Crippen LogP contribution in [0.4, 0.5) is 0 Å². The van der Waals surface area contributed by atoms with Gasteiger partial charge in [0.25, 0.3) is 0 Å². The molecule has 1 aromatic heterocycles. The quantitative estimate of drug-likeness (QED) is 0.831.